The van der Waals surface area contributed by atoms with Gasteiger partial charge >= 0.3 is 5.97 Å². The van der Waals surface area contributed by atoms with Gasteiger partial charge in [0, 0.05) is 13.1 Å². The Morgan fingerprint density at radius 1 is 1.43 bits per heavy atom. The average molecular weight is 319 g/mol. The van der Waals surface area contributed by atoms with E-state index in [1.807, 2.05) is 12.1 Å². The third-order valence-corrected chi connectivity index (χ3v) is 3.85. The molecular formula is C17H21NO5. The number of amides is 1. The van der Waals surface area contributed by atoms with Gasteiger partial charge < -0.3 is 19.5 Å². The molecule has 1 unspecified atom stereocenters. The van der Waals surface area contributed by atoms with Crippen LogP contribution in [0.3, 0.4) is 0 Å². The van der Waals surface area contributed by atoms with Crippen LogP contribution in [0.5, 0.6) is 11.5 Å². The standard InChI is InChI=1S/C17H21NO5/c1-3-4-12-5-6-14(15(9-12)22-2)23-11-16(19)18-8-7-13(10-18)17(20)21/h3,5-6,9,13H,1,4,7-8,10-11H2,2H3,(H,20,21). The summed E-state index contributed by atoms with van der Waals surface area (Å²) in [5.74, 6) is -0.511. The number of hydrogen-bond donors (Lipinski definition) is 1. The Labute approximate surface area is 135 Å². The second-order valence-electron chi connectivity index (χ2n) is 5.43. The van der Waals surface area contributed by atoms with Gasteiger partial charge in [-0.2, -0.15) is 0 Å². The van der Waals surface area contributed by atoms with E-state index >= 15 is 0 Å². The molecule has 1 aliphatic heterocycles. The molecule has 1 N–H and O–H groups in total. The minimum atomic E-state index is -0.860. The number of hydrogen-bond acceptors (Lipinski definition) is 4. The van der Waals surface area contributed by atoms with Crippen molar-refractivity contribution in [3.05, 3.63) is 36.4 Å². The molecule has 2 rings (SSSR count). The van der Waals surface area contributed by atoms with Crippen LogP contribution >= 0.6 is 0 Å². The van der Waals surface area contributed by atoms with E-state index in [2.05, 4.69) is 6.58 Å². The van der Waals surface area contributed by atoms with Crippen LogP contribution in [0.25, 0.3) is 0 Å². The molecule has 1 heterocycles. The number of carbonyl (C=O) groups excluding carboxylic acids is 1. The lowest BCUT2D eigenvalue weighted by molar-refractivity contribution is -0.141. The topological polar surface area (TPSA) is 76.1 Å². The quantitative estimate of drug-likeness (QED) is 0.775. The SMILES string of the molecule is C=CCc1ccc(OCC(=O)N2CCC(C(=O)O)C2)c(OC)c1. The van der Waals surface area contributed by atoms with Crippen LogP contribution in [0.1, 0.15) is 12.0 Å². The molecule has 1 amide bonds. The van der Waals surface area contributed by atoms with Crippen molar-refractivity contribution in [2.45, 2.75) is 12.8 Å². The molecule has 6 heteroatoms. The number of carboxylic acids is 1. The van der Waals surface area contributed by atoms with Gasteiger partial charge in [0.25, 0.3) is 5.91 Å². The summed E-state index contributed by atoms with van der Waals surface area (Å²) >= 11 is 0. The number of likely N-dealkylation sites (tertiary alicyclic amines) is 1. The number of ether oxygens (including phenoxy) is 2. The summed E-state index contributed by atoms with van der Waals surface area (Å²) in [5, 5.41) is 8.97. The van der Waals surface area contributed by atoms with Crippen LogP contribution in [0, 0.1) is 5.92 Å². The van der Waals surface area contributed by atoms with Gasteiger partial charge in [-0.3, -0.25) is 9.59 Å². The third kappa shape index (κ3) is 4.25. The molecule has 0 aromatic heterocycles. The molecule has 0 aliphatic carbocycles. The number of allylic oxidation sites excluding steroid dienone is 1. The summed E-state index contributed by atoms with van der Waals surface area (Å²) < 4.78 is 10.8. The van der Waals surface area contributed by atoms with Gasteiger partial charge in [-0.05, 0) is 30.5 Å². The van der Waals surface area contributed by atoms with Crippen molar-refractivity contribution in [3.8, 4) is 11.5 Å². The van der Waals surface area contributed by atoms with Gasteiger partial charge in [0.2, 0.25) is 0 Å². The Morgan fingerprint density at radius 2 is 2.22 bits per heavy atom. The maximum absolute atomic E-state index is 12.1. The zero-order chi connectivity index (χ0) is 16.8. The van der Waals surface area contributed by atoms with Crippen LogP contribution in [-0.4, -0.2) is 48.7 Å². The van der Waals surface area contributed by atoms with Crippen LogP contribution in [-0.2, 0) is 16.0 Å². The highest BCUT2D eigenvalue weighted by Crippen LogP contribution is 2.28. The Hall–Kier alpha value is -2.50. The molecule has 1 aromatic carbocycles. The van der Waals surface area contributed by atoms with Crippen LogP contribution < -0.4 is 9.47 Å². The molecule has 1 aromatic rings. The Balaban J connectivity index is 1.94. The third-order valence-electron chi connectivity index (χ3n) is 3.85. The van der Waals surface area contributed by atoms with E-state index in [1.165, 1.54) is 4.90 Å². The summed E-state index contributed by atoms with van der Waals surface area (Å²) in [4.78, 5) is 24.6. The number of carboxylic acid groups (broad SMARTS) is 1. The molecular weight excluding hydrogens is 298 g/mol. The minimum Gasteiger partial charge on any atom is -0.493 e. The Bertz CT molecular complexity index is 599. The molecule has 0 radical (unpaired) electrons. The second kappa shape index (κ2) is 7.67. The summed E-state index contributed by atoms with van der Waals surface area (Å²) in [5.41, 5.74) is 1.04. The fourth-order valence-electron chi connectivity index (χ4n) is 2.54. The van der Waals surface area contributed by atoms with Crippen molar-refractivity contribution in [2.24, 2.45) is 5.92 Å². The largest absolute Gasteiger partial charge is 0.493 e. The van der Waals surface area contributed by atoms with Crippen LogP contribution in [0.2, 0.25) is 0 Å². The fourth-order valence-corrected chi connectivity index (χ4v) is 2.54. The second-order valence-corrected chi connectivity index (χ2v) is 5.43. The first-order valence-electron chi connectivity index (χ1n) is 7.46. The summed E-state index contributed by atoms with van der Waals surface area (Å²) in [6.07, 6.45) is 3.01. The average Bonchev–Trinajstić information content (AvgIpc) is 3.03. The van der Waals surface area contributed by atoms with E-state index in [0.717, 1.165) is 12.0 Å². The maximum atomic E-state index is 12.1. The summed E-state index contributed by atoms with van der Waals surface area (Å²) in [6.45, 7) is 4.25. The van der Waals surface area contributed by atoms with Crippen molar-refractivity contribution in [1.82, 2.24) is 4.90 Å². The number of rotatable bonds is 7. The van der Waals surface area contributed by atoms with Crippen LogP contribution in [0.4, 0.5) is 0 Å². The predicted molar refractivity (Wildman–Crippen MR) is 84.7 cm³/mol. The van der Waals surface area contributed by atoms with Gasteiger partial charge in [0.1, 0.15) is 0 Å². The molecule has 0 saturated carbocycles. The maximum Gasteiger partial charge on any atom is 0.308 e. The molecule has 124 valence electrons. The summed E-state index contributed by atoms with van der Waals surface area (Å²) in [6, 6.07) is 5.49. The predicted octanol–water partition coefficient (Wildman–Crippen LogP) is 1.74. The lowest BCUT2D eigenvalue weighted by Crippen LogP contribution is -2.33. The smallest absolute Gasteiger partial charge is 0.308 e. The molecule has 1 saturated heterocycles. The van der Waals surface area contributed by atoms with Gasteiger partial charge in [-0.25, -0.2) is 0 Å². The molecule has 1 aliphatic rings. The Kier molecular flexibility index (Phi) is 5.62. The molecule has 0 spiro atoms. The first-order valence-corrected chi connectivity index (χ1v) is 7.46. The summed E-state index contributed by atoms with van der Waals surface area (Å²) in [7, 11) is 1.54. The van der Waals surface area contributed by atoms with Crippen molar-refractivity contribution >= 4 is 11.9 Å². The van der Waals surface area contributed by atoms with E-state index in [4.69, 9.17) is 14.6 Å². The van der Waals surface area contributed by atoms with Crippen LogP contribution in [0.15, 0.2) is 30.9 Å². The van der Waals surface area contributed by atoms with E-state index in [9.17, 15) is 9.59 Å². The lowest BCUT2D eigenvalue weighted by Gasteiger charge is -2.17. The zero-order valence-corrected chi connectivity index (χ0v) is 13.2. The highest BCUT2D eigenvalue weighted by atomic mass is 16.5. The Morgan fingerprint density at radius 3 is 2.83 bits per heavy atom. The van der Waals surface area contributed by atoms with E-state index in [1.54, 1.807) is 19.3 Å². The first-order chi connectivity index (χ1) is 11.0. The van der Waals surface area contributed by atoms with Crippen molar-refractivity contribution in [2.75, 3.05) is 26.8 Å². The molecule has 1 atom stereocenters. The molecule has 6 nitrogen and oxygen atoms in total. The fraction of sp³-hybridized carbons (Fsp3) is 0.412. The highest BCUT2D eigenvalue weighted by molar-refractivity contribution is 5.80. The van der Waals surface area contributed by atoms with Gasteiger partial charge in [0.05, 0.1) is 13.0 Å². The van der Waals surface area contributed by atoms with E-state index in [0.29, 0.717) is 24.5 Å². The van der Waals surface area contributed by atoms with Gasteiger partial charge in [0.15, 0.2) is 18.1 Å². The lowest BCUT2D eigenvalue weighted by atomic mass is 10.1. The zero-order valence-electron chi connectivity index (χ0n) is 13.2. The van der Waals surface area contributed by atoms with Crippen molar-refractivity contribution in [3.63, 3.8) is 0 Å². The minimum absolute atomic E-state index is 0.135. The number of benzene rings is 1. The molecule has 23 heavy (non-hydrogen) atoms. The van der Waals surface area contributed by atoms with E-state index in [-0.39, 0.29) is 19.1 Å². The highest BCUT2D eigenvalue weighted by Gasteiger charge is 2.30. The molecule has 0 bridgehead atoms. The molecule has 1 fully saturated rings. The van der Waals surface area contributed by atoms with Gasteiger partial charge in [-0.1, -0.05) is 12.1 Å². The normalized spacial score (nSPS) is 16.9. The number of carbonyl (C=O) groups is 2. The van der Waals surface area contributed by atoms with Crippen molar-refractivity contribution < 1.29 is 24.2 Å². The van der Waals surface area contributed by atoms with Crippen molar-refractivity contribution in [1.29, 1.82) is 0 Å². The first kappa shape index (κ1) is 16.9. The van der Waals surface area contributed by atoms with E-state index < -0.39 is 11.9 Å². The number of methoxy groups -OCH3 is 1. The van der Waals surface area contributed by atoms with Gasteiger partial charge in [-0.15, -0.1) is 6.58 Å². The number of nitrogens with zero attached hydrogens (tertiary/aromatic N) is 1. The monoisotopic (exact) mass is 319 g/mol. The number of aliphatic carboxylic acids is 1.